The van der Waals surface area contributed by atoms with Crippen LogP contribution in [0.4, 0.5) is 5.82 Å². The zero-order valence-corrected chi connectivity index (χ0v) is 11.5. The summed E-state index contributed by atoms with van der Waals surface area (Å²) in [4.78, 5) is 6.34. The van der Waals surface area contributed by atoms with Gasteiger partial charge >= 0.3 is 0 Å². The first-order chi connectivity index (χ1) is 8.98. The minimum absolute atomic E-state index is 0.00429. The number of piperidine rings is 1. The fourth-order valence-electron chi connectivity index (χ4n) is 2.17. The second kappa shape index (κ2) is 5.55. The molecule has 0 aromatic carbocycles. The quantitative estimate of drug-likeness (QED) is 0.870. The number of hydrogen-bond donors (Lipinski definition) is 1. The van der Waals surface area contributed by atoms with Crippen LogP contribution in [0.3, 0.4) is 0 Å². The zero-order chi connectivity index (χ0) is 13.9. The van der Waals surface area contributed by atoms with Gasteiger partial charge in [-0.15, -0.1) is 0 Å². The van der Waals surface area contributed by atoms with Gasteiger partial charge in [-0.25, -0.2) is 18.1 Å². The normalized spacial score (nSPS) is 17.2. The number of rotatable bonds is 3. The maximum Gasteiger partial charge on any atom is 0.208 e. The van der Waals surface area contributed by atoms with E-state index in [1.165, 1.54) is 6.26 Å². The van der Waals surface area contributed by atoms with Crippen molar-refractivity contribution in [1.82, 2.24) is 9.71 Å². The molecule has 0 saturated carbocycles. The highest BCUT2D eigenvalue weighted by Gasteiger charge is 2.22. The van der Waals surface area contributed by atoms with Crippen LogP contribution in [0.1, 0.15) is 18.4 Å². The first-order valence-electron chi connectivity index (χ1n) is 6.06. The van der Waals surface area contributed by atoms with Crippen molar-refractivity contribution in [1.29, 1.82) is 5.26 Å². The Morgan fingerprint density at radius 1 is 1.42 bits per heavy atom. The molecule has 1 aliphatic rings. The van der Waals surface area contributed by atoms with Crippen molar-refractivity contribution in [2.24, 2.45) is 0 Å². The van der Waals surface area contributed by atoms with Crippen LogP contribution >= 0.6 is 0 Å². The fourth-order valence-corrected chi connectivity index (χ4v) is 3.01. The third kappa shape index (κ3) is 3.91. The van der Waals surface area contributed by atoms with E-state index in [1.807, 2.05) is 12.1 Å². The molecule has 1 aromatic heterocycles. The Morgan fingerprint density at radius 3 is 2.58 bits per heavy atom. The minimum atomic E-state index is -3.14. The molecule has 19 heavy (non-hydrogen) atoms. The summed E-state index contributed by atoms with van der Waals surface area (Å²) in [6, 6.07) is 5.60. The number of nitrogens with zero attached hydrogens (tertiary/aromatic N) is 3. The number of sulfonamides is 1. The smallest absolute Gasteiger partial charge is 0.208 e. The van der Waals surface area contributed by atoms with Crippen LogP contribution in [0.2, 0.25) is 0 Å². The molecule has 0 bridgehead atoms. The molecule has 1 aromatic rings. The molecule has 0 unspecified atom stereocenters. The molecule has 0 atom stereocenters. The number of aromatic nitrogens is 1. The number of anilines is 1. The zero-order valence-electron chi connectivity index (χ0n) is 10.7. The Morgan fingerprint density at radius 2 is 2.11 bits per heavy atom. The van der Waals surface area contributed by atoms with Gasteiger partial charge in [0.1, 0.15) is 11.9 Å². The van der Waals surface area contributed by atoms with Crippen molar-refractivity contribution in [3.05, 3.63) is 23.9 Å². The fraction of sp³-hybridized carbons (Fsp3) is 0.500. The Hall–Kier alpha value is -1.65. The average Bonchev–Trinajstić information content (AvgIpc) is 2.38. The third-order valence-electron chi connectivity index (χ3n) is 3.08. The van der Waals surface area contributed by atoms with Gasteiger partial charge in [-0.3, -0.25) is 0 Å². The van der Waals surface area contributed by atoms with Crippen molar-refractivity contribution in [2.75, 3.05) is 24.2 Å². The number of hydrogen-bond acceptors (Lipinski definition) is 5. The highest BCUT2D eigenvalue weighted by molar-refractivity contribution is 7.88. The van der Waals surface area contributed by atoms with Gasteiger partial charge in [0, 0.05) is 25.3 Å². The number of nitrogens with one attached hydrogen (secondary N) is 1. The minimum Gasteiger partial charge on any atom is -0.357 e. The van der Waals surface area contributed by atoms with E-state index < -0.39 is 10.0 Å². The van der Waals surface area contributed by atoms with Gasteiger partial charge in [-0.05, 0) is 25.0 Å². The van der Waals surface area contributed by atoms with E-state index in [0.717, 1.165) is 31.7 Å². The van der Waals surface area contributed by atoms with Crippen molar-refractivity contribution in [2.45, 2.75) is 18.9 Å². The third-order valence-corrected chi connectivity index (χ3v) is 3.84. The molecule has 7 heteroatoms. The van der Waals surface area contributed by atoms with Crippen LogP contribution in [-0.2, 0) is 10.0 Å². The predicted octanol–water partition coefficient (Wildman–Crippen LogP) is 0.471. The largest absolute Gasteiger partial charge is 0.357 e. The lowest BCUT2D eigenvalue weighted by Crippen LogP contribution is -2.44. The topological polar surface area (TPSA) is 86.1 Å². The van der Waals surface area contributed by atoms with Crippen molar-refractivity contribution < 1.29 is 8.42 Å². The van der Waals surface area contributed by atoms with Crippen molar-refractivity contribution >= 4 is 15.8 Å². The molecular weight excluding hydrogens is 264 g/mol. The molecule has 6 nitrogen and oxygen atoms in total. The van der Waals surface area contributed by atoms with Crippen LogP contribution in [0.15, 0.2) is 18.3 Å². The van der Waals surface area contributed by atoms with Gasteiger partial charge in [0.25, 0.3) is 0 Å². The molecule has 0 radical (unpaired) electrons. The molecule has 2 rings (SSSR count). The van der Waals surface area contributed by atoms with E-state index >= 15 is 0 Å². The van der Waals surface area contributed by atoms with Gasteiger partial charge in [0.05, 0.1) is 11.8 Å². The van der Waals surface area contributed by atoms with E-state index in [9.17, 15) is 8.42 Å². The molecular formula is C12H16N4O2S. The molecule has 0 spiro atoms. The van der Waals surface area contributed by atoms with Crippen LogP contribution in [0.25, 0.3) is 0 Å². The standard InChI is InChI=1S/C12H16N4O2S/c1-19(17,18)15-11-4-6-16(7-5-11)12-3-2-10(8-13)9-14-12/h2-3,9,11,15H,4-7H2,1H3. The maximum atomic E-state index is 11.2. The Bertz CT molecular complexity index is 569. The Labute approximate surface area is 113 Å². The summed E-state index contributed by atoms with van der Waals surface area (Å²) in [5, 5.41) is 8.71. The van der Waals surface area contributed by atoms with Crippen LogP contribution in [0.5, 0.6) is 0 Å². The highest BCUT2D eigenvalue weighted by Crippen LogP contribution is 2.18. The molecule has 1 aliphatic heterocycles. The monoisotopic (exact) mass is 280 g/mol. The summed E-state index contributed by atoms with van der Waals surface area (Å²) in [5.74, 6) is 0.830. The predicted molar refractivity (Wildman–Crippen MR) is 72.2 cm³/mol. The molecule has 1 saturated heterocycles. The van der Waals surface area contributed by atoms with Crippen molar-refractivity contribution in [3.8, 4) is 6.07 Å². The van der Waals surface area contributed by atoms with Gasteiger partial charge in [0.15, 0.2) is 0 Å². The summed E-state index contributed by atoms with van der Waals surface area (Å²) < 4.78 is 24.9. The number of nitriles is 1. The lowest BCUT2D eigenvalue weighted by atomic mass is 10.1. The Balaban J connectivity index is 1.94. The van der Waals surface area contributed by atoms with Crippen molar-refractivity contribution in [3.63, 3.8) is 0 Å². The summed E-state index contributed by atoms with van der Waals surface area (Å²) in [6.07, 6.45) is 4.25. The Kier molecular flexibility index (Phi) is 4.02. The second-order valence-electron chi connectivity index (χ2n) is 4.67. The van der Waals surface area contributed by atoms with E-state index in [4.69, 9.17) is 5.26 Å². The highest BCUT2D eigenvalue weighted by atomic mass is 32.2. The van der Waals surface area contributed by atoms with E-state index in [-0.39, 0.29) is 6.04 Å². The first-order valence-corrected chi connectivity index (χ1v) is 7.95. The molecule has 0 aliphatic carbocycles. The maximum absolute atomic E-state index is 11.2. The summed E-state index contributed by atoms with van der Waals surface area (Å²) in [6.45, 7) is 1.51. The average molecular weight is 280 g/mol. The van der Waals surface area contributed by atoms with Gasteiger partial charge in [-0.2, -0.15) is 5.26 Å². The second-order valence-corrected chi connectivity index (χ2v) is 6.45. The van der Waals surface area contributed by atoms with Gasteiger partial charge in [0.2, 0.25) is 10.0 Å². The lowest BCUT2D eigenvalue weighted by Gasteiger charge is -2.32. The van der Waals surface area contributed by atoms with Crippen LogP contribution in [0, 0.1) is 11.3 Å². The number of pyridine rings is 1. The van der Waals surface area contributed by atoms with E-state index in [1.54, 1.807) is 12.3 Å². The lowest BCUT2D eigenvalue weighted by molar-refractivity contribution is 0.460. The molecule has 1 fully saturated rings. The summed E-state index contributed by atoms with van der Waals surface area (Å²) in [7, 11) is -3.14. The van der Waals surface area contributed by atoms with E-state index in [2.05, 4.69) is 14.6 Å². The SMILES string of the molecule is CS(=O)(=O)NC1CCN(c2ccc(C#N)cn2)CC1. The van der Waals surface area contributed by atoms with E-state index in [0.29, 0.717) is 5.56 Å². The molecule has 102 valence electrons. The summed E-state index contributed by atoms with van der Waals surface area (Å²) >= 11 is 0. The molecule has 1 N–H and O–H groups in total. The first kappa shape index (κ1) is 13.8. The van der Waals surface area contributed by atoms with Crippen LogP contribution < -0.4 is 9.62 Å². The summed E-state index contributed by atoms with van der Waals surface area (Å²) in [5.41, 5.74) is 0.539. The molecule has 0 amide bonds. The van der Waals surface area contributed by atoms with Crippen LogP contribution in [-0.4, -0.2) is 38.8 Å². The molecule has 2 heterocycles. The van der Waals surface area contributed by atoms with Gasteiger partial charge in [-0.1, -0.05) is 0 Å². The van der Waals surface area contributed by atoms with Gasteiger partial charge < -0.3 is 4.90 Å².